The number of carbonyl (C=O) groups is 1. The number of rotatable bonds is 4. The van der Waals surface area contributed by atoms with Gasteiger partial charge < -0.3 is 5.11 Å². The Balaban J connectivity index is 2.24. The van der Waals surface area contributed by atoms with E-state index in [1.54, 1.807) is 23.9 Å². The van der Waals surface area contributed by atoms with Crippen LogP contribution in [0.4, 0.5) is 0 Å². The summed E-state index contributed by atoms with van der Waals surface area (Å²) >= 11 is 1.70. The third-order valence-corrected chi connectivity index (χ3v) is 4.83. The molecule has 2 aromatic carbocycles. The average Bonchev–Trinajstić information content (AvgIpc) is 2.39. The van der Waals surface area contributed by atoms with Crippen LogP contribution in [0.2, 0.25) is 0 Å². The molecular formula is C18H20O2S. The lowest BCUT2D eigenvalue weighted by atomic mass is 10.0. The molecule has 110 valence electrons. The van der Waals surface area contributed by atoms with Crippen LogP contribution in [0.5, 0.6) is 0 Å². The maximum Gasteiger partial charge on any atom is 0.335 e. The van der Waals surface area contributed by atoms with Crippen molar-refractivity contribution in [3.8, 4) is 0 Å². The lowest BCUT2D eigenvalue weighted by Gasteiger charge is -2.12. The van der Waals surface area contributed by atoms with Gasteiger partial charge in [0.05, 0.1) is 5.56 Å². The molecule has 0 unspecified atom stereocenters. The Morgan fingerprint density at radius 1 is 1.00 bits per heavy atom. The molecule has 0 spiro atoms. The number of hydrogen-bond donors (Lipinski definition) is 1. The first-order valence-corrected chi connectivity index (χ1v) is 7.90. The minimum Gasteiger partial charge on any atom is -0.478 e. The molecule has 0 atom stereocenters. The summed E-state index contributed by atoms with van der Waals surface area (Å²) in [6.07, 6.45) is 0. The number of aromatic carboxylic acids is 1. The Kier molecular flexibility index (Phi) is 4.73. The van der Waals surface area contributed by atoms with E-state index in [9.17, 15) is 4.79 Å². The van der Waals surface area contributed by atoms with Crippen LogP contribution in [-0.2, 0) is 5.75 Å². The fourth-order valence-corrected chi connectivity index (χ4v) is 3.74. The van der Waals surface area contributed by atoms with E-state index in [1.165, 1.54) is 22.3 Å². The van der Waals surface area contributed by atoms with E-state index in [-0.39, 0.29) is 0 Å². The molecule has 0 fully saturated rings. The van der Waals surface area contributed by atoms with Gasteiger partial charge in [-0.1, -0.05) is 23.8 Å². The Labute approximate surface area is 130 Å². The van der Waals surface area contributed by atoms with Crippen molar-refractivity contribution in [2.24, 2.45) is 0 Å². The van der Waals surface area contributed by atoms with E-state index in [2.05, 4.69) is 32.9 Å². The van der Waals surface area contributed by atoms with Gasteiger partial charge >= 0.3 is 5.97 Å². The molecule has 0 saturated carbocycles. The normalized spacial score (nSPS) is 10.7. The van der Waals surface area contributed by atoms with Gasteiger partial charge in [-0.3, -0.25) is 0 Å². The molecule has 0 bridgehead atoms. The highest BCUT2D eigenvalue weighted by atomic mass is 32.2. The predicted octanol–water partition coefficient (Wildman–Crippen LogP) is 4.91. The molecule has 0 saturated heterocycles. The van der Waals surface area contributed by atoms with Gasteiger partial charge in [-0.05, 0) is 62.1 Å². The molecular weight excluding hydrogens is 280 g/mol. The third kappa shape index (κ3) is 3.67. The molecule has 21 heavy (non-hydrogen) atoms. The van der Waals surface area contributed by atoms with E-state index in [0.717, 1.165) is 16.2 Å². The summed E-state index contributed by atoms with van der Waals surface area (Å²) in [5.41, 5.74) is 6.68. The second kappa shape index (κ2) is 6.35. The molecule has 1 N–H and O–H groups in total. The molecule has 0 aromatic heterocycles. The standard InChI is InChI=1S/C18H20O2S/c1-11-7-13(3)16(14(4)8-11)10-21-17-9-15(18(19)20)6-5-12(17)2/h5-9H,10H2,1-4H3,(H,19,20). The first-order chi connectivity index (χ1) is 9.88. The summed E-state index contributed by atoms with van der Waals surface area (Å²) in [7, 11) is 0. The van der Waals surface area contributed by atoms with E-state index in [1.807, 2.05) is 13.0 Å². The highest BCUT2D eigenvalue weighted by molar-refractivity contribution is 7.98. The maximum atomic E-state index is 11.1. The van der Waals surface area contributed by atoms with Crippen molar-refractivity contribution in [3.05, 3.63) is 63.7 Å². The zero-order chi connectivity index (χ0) is 15.6. The molecule has 0 heterocycles. The number of carboxylic acid groups (broad SMARTS) is 1. The van der Waals surface area contributed by atoms with Crippen molar-refractivity contribution in [3.63, 3.8) is 0 Å². The first kappa shape index (κ1) is 15.6. The SMILES string of the molecule is Cc1cc(C)c(CSc2cc(C(=O)O)ccc2C)c(C)c1. The number of hydrogen-bond acceptors (Lipinski definition) is 2. The smallest absolute Gasteiger partial charge is 0.335 e. The van der Waals surface area contributed by atoms with E-state index in [4.69, 9.17) is 5.11 Å². The molecule has 3 heteroatoms. The summed E-state index contributed by atoms with van der Waals surface area (Å²) in [5.74, 6) is -0.0125. The summed E-state index contributed by atoms with van der Waals surface area (Å²) in [5, 5.41) is 9.09. The number of aryl methyl sites for hydroxylation is 4. The highest BCUT2D eigenvalue weighted by Crippen LogP contribution is 2.30. The Morgan fingerprint density at radius 2 is 1.62 bits per heavy atom. The van der Waals surface area contributed by atoms with Crippen LogP contribution in [-0.4, -0.2) is 11.1 Å². The van der Waals surface area contributed by atoms with E-state index in [0.29, 0.717) is 5.56 Å². The summed E-state index contributed by atoms with van der Waals surface area (Å²) in [6.45, 7) is 8.40. The van der Waals surface area contributed by atoms with Crippen LogP contribution in [0.15, 0.2) is 35.2 Å². The number of benzene rings is 2. The minimum atomic E-state index is -0.875. The third-order valence-electron chi connectivity index (χ3n) is 3.65. The number of thioether (sulfide) groups is 1. The van der Waals surface area contributed by atoms with Gasteiger partial charge in [0, 0.05) is 10.6 Å². The van der Waals surface area contributed by atoms with Crippen LogP contribution in [0.1, 0.15) is 38.2 Å². The van der Waals surface area contributed by atoms with Gasteiger partial charge in [-0.25, -0.2) is 4.79 Å². The van der Waals surface area contributed by atoms with Crippen molar-refractivity contribution in [1.82, 2.24) is 0 Å². The lowest BCUT2D eigenvalue weighted by molar-refractivity contribution is 0.0696. The first-order valence-electron chi connectivity index (χ1n) is 6.92. The summed E-state index contributed by atoms with van der Waals surface area (Å²) in [4.78, 5) is 12.1. The van der Waals surface area contributed by atoms with Crippen molar-refractivity contribution in [2.45, 2.75) is 38.3 Å². The minimum absolute atomic E-state index is 0.348. The predicted molar refractivity (Wildman–Crippen MR) is 88.4 cm³/mol. The zero-order valence-corrected chi connectivity index (χ0v) is 13.7. The van der Waals surface area contributed by atoms with Crippen molar-refractivity contribution in [2.75, 3.05) is 0 Å². The van der Waals surface area contributed by atoms with Crippen molar-refractivity contribution >= 4 is 17.7 Å². The van der Waals surface area contributed by atoms with Gasteiger partial charge in [0.1, 0.15) is 0 Å². The Hall–Kier alpha value is -1.74. The molecule has 0 aliphatic heterocycles. The molecule has 2 aromatic rings. The molecule has 0 amide bonds. The second-order valence-corrected chi connectivity index (χ2v) is 6.47. The molecule has 0 radical (unpaired) electrons. The number of carboxylic acids is 1. The summed E-state index contributed by atoms with van der Waals surface area (Å²) in [6, 6.07) is 9.69. The summed E-state index contributed by atoms with van der Waals surface area (Å²) < 4.78 is 0. The Morgan fingerprint density at radius 3 is 2.19 bits per heavy atom. The largest absolute Gasteiger partial charge is 0.478 e. The van der Waals surface area contributed by atoms with Crippen LogP contribution in [0.25, 0.3) is 0 Å². The molecule has 2 rings (SSSR count). The van der Waals surface area contributed by atoms with Crippen LogP contribution < -0.4 is 0 Å². The monoisotopic (exact) mass is 300 g/mol. The fourth-order valence-electron chi connectivity index (χ4n) is 2.48. The highest BCUT2D eigenvalue weighted by Gasteiger charge is 2.09. The average molecular weight is 300 g/mol. The molecule has 0 aliphatic rings. The zero-order valence-electron chi connectivity index (χ0n) is 12.9. The van der Waals surface area contributed by atoms with E-state index < -0.39 is 5.97 Å². The lowest BCUT2D eigenvalue weighted by Crippen LogP contribution is -1.97. The van der Waals surface area contributed by atoms with Crippen LogP contribution >= 0.6 is 11.8 Å². The van der Waals surface area contributed by atoms with Crippen LogP contribution in [0.3, 0.4) is 0 Å². The van der Waals surface area contributed by atoms with Gasteiger partial charge in [0.25, 0.3) is 0 Å². The van der Waals surface area contributed by atoms with Gasteiger partial charge in [0.15, 0.2) is 0 Å². The Bertz CT molecular complexity index is 667. The van der Waals surface area contributed by atoms with Crippen molar-refractivity contribution in [1.29, 1.82) is 0 Å². The van der Waals surface area contributed by atoms with Gasteiger partial charge in [-0.15, -0.1) is 11.8 Å². The van der Waals surface area contributed by atoms with Gasteiger partial charge in [0.2, 0.25) is 0 Å². The fraction of sp³-hybridized carbons (Fsp3) is 0.278. The quantitative estimate of drug-likeness (QED) is 0.815. The topological polar surface area (TPSA) is 37.3 Å². The molecule has 0 aliphatic carbocycles. The van der Waals surface area contributed by atoms with Gasteiger partial charge in [-0.2, -0.15) is 0 Å². The van der Waals surface area contributed by atoms with Crippen LogP contribution in [0, 0.1) is 27.7 Å². The maximum absolute atomic E-state index is 11.1. The van der Waals surface area contributed by atoms with Crippen molar-refractivity contribution < 1.29 is 9.90 Å². The van der Waals surface area contributed by atoms with E-state index >= 15 is 0 Å². The second-order valence-electron chi connectivity index (χ2n) is 5.45. The molecule has 2 nitrogen and oxygen atoms in total.